The topological polar surface area (TPSA) is 46.2 Å². The number of aryl methyl sites for hydroxylation is 1. The summed E-state index contributed by atoms with van der Waals surface area (Å²) in [6, 6.07) is 6.71. The number of hydrogen-bond donors (Lipinski definition) is 1. The highest BCUT2D eigenvalue weighted by atomic mass is 35.5. The van der Waals surface area contributed by atoms with Gasteiger partial charge in [-0.15, -0.1) is 11.6 Å². The molecule has 0 bridgehead atoms. The van der Waals surface area contributed by atoms with Crippen LogP contribution in [0, 0.1) is 6.92 Å². The van der Waals surface area contributed by atoms with Crippen LogP contribution in [-0.2, 0) is 10.0 Å². The first-order chi connectivity index (χ1) is 7.56. The molecule has 16 heavy (non-hydrogen) atoms. The molecular formula is C11H14ClNO2S. The predicted octanol–water partition coefficient (Wildman–Crippen LogP) is 2.07. The zero-order valence-corrected chi connectivity index (χ0v) is 10.6. The highest BCUT2D eigenvalue weighted by Crippen LogP contribution is 2.09. The van der Waals surface area contributed by atoms with Crippen molar-refractivity contribution >= 4 is 21.6 Å². The maximum Gasteiger partial charge on any atom is 0.240 e. The molecule has 0 unspecified atom stereocenters. The predicted molar refractivity (Wildman–Crippen MR) is 66.2 cm³/mol. The van der Waals surface area contributed by atoms with Crippen LogP contribution in [0.1, 0.15) is 5.56 Å². The van der Waals surface area contributed by atoms with Crippen molar-refractivity contribution in [3.63, 3.8) is 0 Å². The number of nitrogens with one attached hydrogen (secondary N) is 1. The summed E-state index contributed by atoms with van der Waals surface area (Å²) >= 11 is 5.42. The second-order valence-electron chi connectivity index (χ2n) is 3.29. The summed E-state index contributed by atoms with van der Waals surface area (Å²) in [7, 11) is -3.40. The van der Waals surface area contributed by atoms with E-state index >= 15 is 0 Å². The Morgan fingerprint density at radius 2 is 1.88 bits per heavy atom. The van der Waals surface area contributed by atoms with Crippen molar-refractivity contribution < 1.29 is 8.42 Å². The molecule has 0 amide bonds. The Labute approximate surface area is 101 Å². The molecule has 88 valence electrons. The Morgan fingerprint density at radius 3 is 2.44 bits per heavy atom. The molecule has 1 rings (SSSR count). The molecule has 0 fully saturated rings. The van der Waals surface area contributed by atoms with Gasteiger partial charge < -0.3 is 0 Å². The lowest BCUT2D eigenvalue weighted by atomic mass is 10.2. The number of sulfonamides is 1. The highest BCUT2D eigenvalue weighted by molar-refractivity contribution is 7.89. The number of halogens is 1. The summed E-state index contributed by atoms with van der Waals surface area (Å²) in [5.74, 6) is 0.381. The van der Waals surface area contributed by atoms with Crippen molar-refractivity contribution in [3.05, 3.63) is 42.0 Å². The van der Waals surface area contributed by atoms with Gasteiger partial charge in [-0.1, -0.05) is 29.8 Å². The molecule has 0 saturated carbocycles. The van der Waals surface area contributed by atoms with Crippen LogP contribution in [0.15, 0.2) is 41.3 Å². The SMILES string of the molecule is Cc1ccc(S(=O)(=O)NC/C=C/CCl)cc1. The lowest BCUT2D eigenvalue weighted by Crippen LogP contribution is -2.23. The summed E-state index contributed by atoms with van der Waals surface area (Å²) in [5, 5.41) is 0. The zero-order valence-electron chi connectivity index (χ0n) is 8.98. The monoisotopic (exact) mass is 259 g/mol. The van der Waals surface area contributed by atoms with E-state index in [0.717, 1.165) is 5.56 Å². The molecule has 0 aliphatic rings. The lowest BCUT2D eigenvalue weighted by Gasteiger charge is -2.04. The van der Waals surface area contributed by atoms with Gasteiger partial charge in [0.1, 0.15) is 0 Å². The van der Waals surface area contributed by atoms with E-state index in [1.54, 1.807) is 36.4 Å². The third-order valence-electron chi connectivity index (χ3n) is 1.98. The first-order valence-corrected chi connectivity index (χ1v) is 6.85. The van der Waals surface area contributed by atoms with Crippen LogP contribution in [0.5, 0.6) is 0 Å². The summed E-state index contributed by atoms with van der Waals surface area (Å²) in [4.78, 5) is 0.275. The fraction of sp³-hybridized carbons (Fsp3) is 0.273. The molecule has 0 radical (unpaired) electrons. The lowest BCUT2D eigenvalue weighted by molar-refractivity contribution is 0.585. The fourth-order valence-corrected chi connectivity index (χ4v) is 2.21. The second kappa shape index (κ2) is 6.03. The molecule has 0 spiro atoms. The average Bonchev–Trinajstić information content (AvgIpc) is 2.25. The van der Waals surface area contributed by atoms with Crippen molar-refractivity contribution in [2.24, 2.45) is 0 Å². The van der Waals surface area contributed by atoms with Gasteiger partial charge in [-0.3, -0.25) is 0 Å². The molecule has 0 atom stereocenters. The molecule has 1 aromatic rings. The highest BCUT2D eigenvalue weighted by Gasteiger charge is 2.11. The van der Waals surface area contributed by atoms with Gasteiger partial charge >= 0.3 is 0 Å². The second-order valence-corrected chi connectivity index (χ2v) is 5.37. The van der Waals surface area contributed by atoms with Crippen LogP contribution in [0.25, 0.3) is 0 Å². The number of alkyl halides is 1. The molecule has 0 saturated heterocycles. The van der Waals surface area contributed by atoms with E-state index in [9.17, 15) is 8.42 Å². The Morgan fingerprint density at radius 1 is 1.25 bits per heavy atom. The van der Waals surface area contributed by atoms with E-state index in [0.29, 0.717) is 5.88 Å². The van der Waals surface area contributed by atoms with Crippen molar-refractivity contribution in [1.29, 1.82) is 0 Å². The Hall–Kier alpha value is -0.840. The molecule has 0 heterocycles. The van der Waals surface area contributed by atoms with E-state index in [1.807, 2.05) is 6.92 Å². The Kier molecular flexibility index (Phi) is 4.99. The molecule has 3 nitrogen and oxygen atoms in total. The summed E-state index contributed by atoms with van der Waals surface area (Å²) < 4.78 is 25.9. The van der Waals surface area contributed by atoms with Gasteiger partial charge in [0.25, 0.3) is 0 Å². The molecule has 0 aromatic heterocycles. The average molecular weight is 260 g/mol. The summed E-state index contributed by atoms with van der Waals surface area (Å²) in [5.41, 5.74) is 1.03. The molecular weight excluding hydrogens is 246 g/mol. The van der Waals surface area contributed by atoms with Crippen LogP contribution < -0.4 is 4.72 Å². The Bertz CT molecular complexity index is 451. The van der Waals surface area contributed by atoms with E-state index in [1.165, 1.54) is 0 Å². The van der Waals surface area contributed by atoms with Gasteiger partial charge in [0.05, 0.1) is 4.90 Å². The molecule has 1 aromatic carbocycles. The van der Waals surface area contributed by atoms with Crippen LogP contribution in [-0.4, -0.2) is 20.8 Å². The van der Waals surface area contributed by atoms with Gasteiger partial charge in [-0.25, -0.2) is 13.1 Å². The minimum absolute atomic E-state index is 0.253. The zero-order chi connectivity index (χ0) is 12.0. The minimum Gasteiger partial charge on any atom is -0.207 e. The van der Waals surface area contributed by atoms with Gasteiger partial charge in [0.2, 0.25) is 10.0 Å². The van der Waals surface area contributed by atoms with Crippen LogP contribution in [0.2, 0.25) is 0 Å². The van der Waals surface area contributed by atoms with Gasteiger partial charge in [0.15, 0.2) is 0 Å². The molecule has 0 aliphatic carbocycles. The van der Waals surface area contributed by atoms with E-state index in [2.05, 4.69) is 4.72 Å². The first-order valence-electron chi connectivity index (χ1n) is 4.83. The number of rotatable bonds is 5. The van der Waals surface area contributed by atoms with Crippen LogP contribution in [0.4, 0.5) is 0 Å². The normalized spacial score (nSPS) is 12.1. The van der Waals surface area contributed by atoms with Crippen molar-refractivity contribution in [2.45, 2.75) is 11.8 Å². The third-order valence-corrected chi connectivity index (χ3v) is 3.60. The van der Waals surface area contributed by atoms with Crippen molar-refractivity contribution in [3.8, 4) is 0 Å². The minimum atomic E-state index is -3.40. The largest absolute Gasteiger partial charge is 0.240 e. The van der Waals surface area contributed by atoms with E-state index in [4.69, 9.17) is 11.6 Å². The molecule has 5 heteroatoms. The fourth-order valence-electron chi connectivity index (χ4n) is 1.10. The number of benzene rings is 1. The van der Waals surface area contributed by atoms with E-state index < -0.39 is 10.0 Å². The third kappa shape index (κ3) is 3.96. The standard InChI is InChI=1S/C11H14ClNO2S/c1-10-4-6-11(7-5-10)16(14,15)13-9-3-2-8-12/h2-7,13H,8-9H2,1H3/b3-2+. The van der Waals surface area contributed by atoms with Crippen LogP contribution in [0.3, 0.4) is 0 Å². The van der Waals surface area contributed by atoms with Gasteiger partial charge in [0, 0.05) is 12.4 Å². The first kappa shape index (κ1) is 13.2. The van der Waals surface area contributed by atoms with Crippen molar-refractivity contribution in [1.82, 2.24) is 4.72 Å². The quantitative estimate of drug-likeness (QED) is 0.650. The van der Waals surface area contributed by atoms with Gasteiger partial charge in [-0.05, 0) is 19.1 Å². The smallest absolute Gasteiger partial charge is 0.207 e. The van der Waals surface area contributed by atoms with Crippen molar-refractivity contribution in [2.75, 3.05) is 12.4 Å². The van der Waals surface area contributed by atoms with Gasteiger partial charge in [-0.2, -0.15) is 0 Å². The van der Waals surface area contributed by atoms with Crippen LogP contribution >= 0.6 is 11.6 Å². The Balaban J connectivity index is 2.71. The maximum atomic E-state index is 11.7. The molecule has 0 aliphatic heterocycles. The summed E-state index contributed by atoms with van der Waals surface area (Å²) in [6.07, 6.45) is 3.37. The number of hydrogen-bond acceptors (Lipinski definition) is 2. The number of allylic oxidation sites excluding steroid dienone is 1. The van der Waals surface area contributed by atoms with E-state index in [-0.39, 0.29) is 11.4 Å². The molecule has 1 N–H and O–H groups in total. The maximum absolute atomic E-state index is 11.7. The summed E-state index contributed by atoms with van der Waals surface area (Å²) in [6.45, 7) is 2.16.